The average molecular weight is 450 g/mol. The van der Waals surface area contributed by atoms with Crippen LogP contribution in [0.3, 0.4) is 0 Å². The van der Waals surface area contributed by atoms with E-state index in [2.05, 4.69) is 0 Å². The number of ether oxygens (including phenoxy) is 1. The minimum absolute atomic E-state index is 0.0646. The van der Waals surface area contributed by atoms with Gasteiger partial charge in [-0.3, -0.25) is 14.5 Å². The van der Waals surface area contributed by atoms with Crippen LogP contribution in [0.4, 0.5) is 5.69 Å². The predicted octanol–water partition coefficient (Wildman–Crippen LogP) is 5.78. The van der Waals surface area contributed by atoms with Crippen LogP contribution < -0.4 is 9.64 Å². The molecule has 1 aliphatic rings. The average Bonchev–Trinajstić information content (AvgIpc) is 3.13. The summed E-state index contributed by atoms with van der Waals surface area (Å²) in [7, 11) is 1.58. The van der Waals surface area contributed by atoms with Crippen molar-refractivity contribution in [2.45, 2.75) is 13.0 Å². The maximum Gasteiger partial charge on any atom is 0.300 e. The second-order valence-corrected chi connectivity index (χ2v) is 8.26. The number of carbonyl (C=O) groups excluding carboxylic acids is 2. The van der Waals surface area contributed by atoms with Gasteiger partial charge in [-0.1, -0.05) is 72.8 Å². The van der Waals surface area contributed by atoms with Gasteiger partial charge in [-0.05, 0) is 47.0 Å². The van der Waals surface area contributed by atoms with Gasteiger partial charge in [0, 0.05) is 11.3 Å². The van der Waals surface area contributed by atoms with E-state index in [1.807, 2.05) is 79.7 Å². The Bertz CT molecular complexity index is 1450. The molecular formula is C29H23NO4. The summed E-state index contributed by atoms with van der Waals surface area (Å²) in [5.41, 5.74) is 2.76. The molecule has 1 saturated heterocycles. The van der Waals surface area contributed by atoms with Crippen LogP contribution in [0.2, 0.25) is 0 Å². The fourth-order valence-corrected chi connectivity index (χ4v) is 4.59. The number of aliphatic hydroxyl groups is 1. The Kier molecular flexibility index (Phi) is 5.38. The van der Waals surface area contributed by atoms with Gasteiger partial charge in [-0.2, -0.15) is 0 Å². The molecule has 1 fully saturated rings. The number of Topliss-reactive ketones (excluding diaryl/α,β-unsaturated/α-hetero) is 1. The summed E-state index contributed by atoms with van der Waals surface area (Å²) in [6, 6.07) is 27.0. The lowest BCUT2D eigenvalue weighted by atomic mass is 9.93. The van der Waals surface area contributed by atoms with Crippen molar-refractivity contribution in [3.8, 4) is 5.75 Å². The molecule has 0 radical (unpaired) electrons. The van der Waals surface area contributed by atoms with Gasteiger partial charge in [0.1, 0.15) is 11.5 Å². The van der Waals surface area contributed by atoms with Crippen molar-refractivity contribution in [2.75, 3.05) is 12.0 Å². The lowest BCUT2D eigenvalue weighted by Crippen LogP contribution is -2.30. The van der Waals surface area contributed by atoms with Gasteiger partial charge < -0.3 is 9.84 Å². The number of ketones is 1. The second-order valence-electron chi connectivity index (χ2n) is 8.26. The smallest absolute Gasteiger partial charge is 0.300 e. The number of nitrogens with zero attached hydrogens (tertiary/aromatic N) is 1. The fraction of sp³-hybridized carbons (Fsp3) is 0.103. The third kappa shape index (κ3) is 3.42. The predicted molar refractivity (Wildman–Crippen MR) is 133 cm³/mol. The highest BCUT2D eigenvalue weighted by molar-refractivity contribution is 6.52. The van der Waals surface area contributed by atoms with E-state index in [1.54, 1.807) is 25.3 Å². The number of methoxy groups -OCH3 is 1. The molecule has 0 aromatic heterocycles. The summed E-state index contributed by atoms with van der Waals surface area (Å²) in [5, 5.41) is 13.3. The lowest BCUT2D eigenvalue weighted by Gasteiger charge is -2.27. The van der Waals surface area contributed by atoms with Crippen LogP contribution in [0.25, 0.3) is 16.5 Å². The van der Waals surface area contributed by atoms with Crippen molar-refractivity contribution in [3.63, 3.8) is 0 Å². The summed E-state index contributed by atoms with van der Waals surface area (Å²) < 4.78 is 5.29. The molecule has 1 atom stereocenters. The van der Waals surface area contributed by atoms with Gasteiger partial charge in [0.2, 0.25) is 0 Å². The van der Waals surface area contributed by atoms with Crippen molar-refractivity contribution in [3.05, 3.63) is 113 Å². The van der Waals surface area contributed by atoms with E-state index in [1.165, 1.54) is 4.90 Å². The number of carbonyl (C=O) groups is 2. The minimum atomic E-state index is -0.786. The van der Waals surface area contributed by atoms with E-state index in [0.717, 1.165) is 16.3 Å². The van der Waals surface area contributed by atoms with Gasteiger partial charge in [0.25, 0.3) is 11.7 Å². The van der Waals surface area contributed by atoms with Gasteiger partial charge in [0.05, 0.1) is 18.7 Å². The number of anilines is 1. The molecule has 5 nitrogen and oxygen atoms in total. The van der Waals surface area contributed by atoms with E-state index in [9.17, 15) is 14.7 Å². The first-order valence-electron chi connectivity index (χ1n) is 11.0. The van der Waals surface area contributed by atoms with Crippen LogP contribution in [0.1, 0.15) is 22.7 Å². The number of hydrogen-bond donors (Lipinski definition) is 1. The van der Waals surface area contributed by atoms with Crippen molar-refractivity contribution < 1.29 is 19.4 Å². The zero-order chi connectivity index (χ0) is 23.8. The molecular weight excluding hydrogens is 426 g/mol. The molecule has 1 amide bonds. The number of amides is 1. The summed E-state index contributed by atoms with van der Waals surface area (Å²) in [5.74, 6) is -0.913. The van der Waals surface area contributed by atoms with Crippen molar-refractivity contribution in [2.24, 2.45) is 0 Å². The summed E-state index contributed by atoms with van der Waals surface area (Å²) >= 11 is 0. The molecule has 1 N–H and O–H groups in total. The number of hydrogen-bond acceptors (Lipinski definition) is 4. The number of aliphatic hydroxyl groups excluding tert-OH is 1. The summed E-state index contributed by atoms with van der Waals surface area (Å²) in [4.78, 5) is 28.3. The van der Waals surface area contributed by atoms with Crippen LogP contribution in [-0.2, 0) is 9.59 Å². The molecule has 1 heterocycles. The second kappa shape index (κ2) is 8.52. The van der Waals surface area contributed by atoms with E-state index in [0.29, 0.717) is 22.6 Å². The van der Waals surface area contributed by atoms with Crippen molar-refractivity contribution in [1.82, 2.24) is 0 Å². The lowest BCUT2D eigenvalue weighted by molar-refractivity contribution is -0.132. The summed E-state index contributed by atoms with van der Waals surface area (Å²) in [6.07, 6.45) is 0. The monoisotopic (exact) mass is 449 g/mol. The zero-order valence-corrected chi connectivity index (χ0v) is 18.9. The van der Waals surface area contributed by atoms with Gasteiger partial charge in [-0.15, -0.1) is 0 Å². The van der Waals surface area contributed by atoms with E-state index in [-0.39, 0.29) is 11.3 Å². The molecule has 0 spiro atoms. The molecule has 5 rings (SSSR count). The zero-order valence-electron chi connectivity index (χ0n) is 18.9. The largest absolute Gasteiger partial charge is 0.507 e. The standard InChI is InChI=1S/C29H23NO4/c1-18-8-3-6-13-24(18)30-26(20-14-16-21(34-2)17-15-20)25(28(32)29(30)33)27(31)23-12-7-10-19-9-4-5-11-22(19)23/h3-17,26,31H,1-2H3/b27-25-. The highest BCUT2D eigenvalue weighted by atomic mass is 16.5. The topological polar surface area (TPSA) is 66.8 Å². The highest BCUT2D eigenvalue weighted by Gasteiger charge is 2.47. The molecule has 5 heteroatoms. The Hall–Kier alpha value is -4.38. The minimum Gasteiger partial charge on any atom is -0.507 e. The van der Waals surface area contributed by atoms with Crippen LogP contribution in [0.15, 0.2) is 96.6 Å². The molecule has 1 unspecified atom stereocenters. The van der Waals surface area contributed by atoms with Gasteiger partial charge in [-0.25, -0.2) is 0 Å². The molecule has 1 aliphatic heterocycles. The maximum absolute atomic E-state index is 13.4. The number of aryl methyl sites for hydroxylation is 1. The van der Waals surface area contributed by atoms with Crippen LogP contribution in [0.5, 0.6) is 5.75 Å². The molecule has 0 bridgehead atoms. The normalized spacial score (nSPS) is 17.4. The first-order chi connectivity index (χ1) is 16.5. The summed E-state index contributed by atoms with van der Waals surface area (Å²) in [6.45, 7) is 1.89. The molecule has 0 aliphatic carbocycles. The third-order valence-electron chi connectivity index (χ3n) is 6.30. The van der Waals surface area contributed by atoms with E-state index in [4.69, 9.17) is 4.74 Å². The molecule has 34 heavy (non-hydrogen) atoms. The Balaban J connectivity index is 1.78. The quantitative estimate of drug-likeness (QED) is 0.244. The number of fused-ring (bicyclic) bond motifs is 1. The van der Waals surface area contributed by atoms with Crippen LogP contribution in [0, 0.1) is 6.92 Å². The Morgan fingerprint density at radius 1 is 0.853 bits per heavy atom. The van der Waals surface area contributed by atoms with Gasteiger partial charge >= 0.3 is 0 Å². The maximum atomic E-state index is 13.4. The highest BCUT2D eigenvalue weighted by Crippen LogP contribution is 2.44. The fourth-order valence-electron chi connectivity index (χ4n) is 4.59. The number of benzene rings is 4. The van der Waals surface area contributed by atoms with E-state index < -0.39 is 17.7 Å². The first-order valence-corrected chi connectivity index (χ1v) is 11.0. The van der Waals surface area contributed by atoms with Gasteiger partial charge in [0.15, 0.2) is 0 Å². The van der Waals surface area contributed by atoms with E-state index >= 15 is 0 Å². The SMILES string of the molecule is COc1ccc(C2/C(=C(/O)c3cccc4ccccc34)C(=O)C(=O)N2c2ccccc2C)cc1. The van der Waals surface area contributed by atoms with Crippen LogP contribution in [-0.4, -0.2) is 23.9 Å². The number of para-hydroxylation sites is 1. The molecule has 4 aromatic rings. The molecule has 4 aromatic carbocycles. The molecule has 0 saturated carbocycles. The van der Waals surface area contributed by atoms with Crippen LogP contribution >= 0.6 is 0 Å². The third-order valence-corrected chi connectivity index (χ3v) is 6.30. The first kappa shape index (κ1) is 21.5. The number of rotatable bonds is 4. The molecule has 168 valence electrons. The van der Waals surface area contributed by atoms with Crippen molar-refractivity contribution in [1.29, 1.82) is 0 Å². The Morgan fingerprint density at radius 3 is 2.26 bits per heavy atom. The van der Waals surface area contributed by atoms with Crippen molar-refractivity contribution >= 4 is 33.9 Å². The Morgan fingerprint density at radius 2 is 1.53 bits per heavy atom. The Labute approximate surface area is 197 Å².